The van der Waals surface area contributed by atoms with Crippen LogP contribution in [0.4, 0.5) is 5.82 Å². The molecule has 12 heteroatoms. The van der Waals surface area contributed by atoms with Gasteiger partial charge in [-0.05, 0) is 56.9 Å². The molecule has 2 N–H and O–H groups in total. The highest BCUT2D eigenvalue weighted by Crippen LogP contribution is 2.48. The van der Waals surface area contributed by atoms with Gasteiger partial charge in [0.15, 0.2) is 27.9 Å². The molecule has 3 heterocycles. The van der Waals surface area contributed by atoms with Gasteiger partial charge in [-0.2, -0.15) is 0 Å². The van der Waals surface area contributed by atoms with Crippen molar-refractivity contribution in [2.45, 2.75) is 81.2 Å². The van der Waals surface area contributed by atoms with Crippen molar-refractivity contribution >= 4 is 51.9 Å². The summed E-state index contributed by atoms with van der Waals surface area (Å²) in [4.78, 5) is 9.68. The fraction of sp³-hybridized carbons (Fsp3) is 0.600. The van der Waals surface area contributed by atoms with E-state index >= 15 is 0 Å². The largest absolute Gasteiger partial charge is 0.396 e. The lowest BCUT2D eigenvalue weighted by molar-refractivity contribution is -0.162. The maximum absolute atomic E-state index is 10.0. The number of benzene rings is 1. The first kappa shape index (κ1) is 25.6. The number of hydrogen-bond acceptors (Lipinski definition) is 9. The highest BCUT2D eigenvalue weighted by molar-refractivity contribution is 7.99. The molecule has 1 saturated heterocycles. The minimum atomic E-state index is -0.716. The van der Waals surface area contributed by atoms with E-state index in [-0.39, 0.29) is 42.7 Å². The van der Waals surface area contributed by atoms with Crippen LogP contribution in [0.5, 0.6) is 0 Å². The molecule has 3 fully saturated rings. The zero-order chi connectivity index (χ0) is 25.9. The van der Waals surface area contributed by atoms with Crippen LogP contribution in [0.3, 0.4) is 0 Å². The van der Waals surface area contributed by atoms with Gasteiger partial charge >= 0.3 is 0 Å². The maximum atomic E-state index is 10.0. The number of aliphatic hydroxyl groups excluding tert-OH is 1. The van der Waals surface area contributed by atoms with Gasteiger partial charge in [0.05, 0.1) is 12.1 Å². The SMILES string of the molecule is CCCSc1nc(NC2CC2c2cc(Cl)cc(Cl)c2)c2nnn(C3CC(CO)C4OC(C)(C)OC43)c2n1. The quantitative estimate of drug-likeness (QED) is 0.286. The van der Waals surface area contributed by atoms with Gasteiger partial charge in [-0.15, -0.1) is 5.10 Å². The predicted octanol–water partition coefficient (Wildman–Crippen LogP) is 5.07. The second kappa shape index (κ2) is 9.81. The molecule has 6 atom stereocenters. The van der Waals surface area contributed by atoms with Gasteiger partial charge in [-0.3, -0.25) is 0 Å². The van der Waals surface area contributed by atoms with Crippen molar-refractivity contribution in [3.05, 3.63) is 33.8 Å². The molecule has 2 aliphatic carbocycles. The number of thioether (sulfide) groups is 1. The highest BCUT2D eigenvalue weighted by Gasteiger charge is 2.55. The van der Waals surface area contributed by atoms with Gasteiger partial charge in [0.2, 0.25) is 0 Å². The number of ether oxygens (including phenoxy) is 2. The third kappa shape index (κ3) is 4.92. The lowest BCUT2D eigenvalue weighted by Crippen LogP contribution is -2.28. The minimum Gasteiger partial charge on any atom is -0.396 e. The van der Waals surface area contributed by atoms with Gasteiger partial charge in [-0.25, -0.2) is 14.6 Å². The van der Waals surface area contributed by atoms with Crippen LogP contribution in [0, 0.1) is 5.92 Å². The number of hydrogen-bond donors (Lipinski definition) is 2. The average molecular weight is 566 g/mol. The smallest absolute Gasteiger partial charge is 0.191 e. The first-order valence-corrected chi connectivity index (χ1v) is 14.4. The summed E-state index contributed by atoms with van der Waals surface area (Å²) in [5.74, 6) is 1.11. The maximum Gasteiger partial charge on any atom is 0.191 e. The Morgan fingerprint density at radius 1 is 1.14 bits per heavy atom. The molecule has 2 aromatic heterocycles. The number of halogens is 2. The van der Waals surface area contributed by atoms with Gasteiger partial charge in [0, 0.05) is 40.3 Å². The predicted molar refractivity (Wildman–Crippen MR) is 143 cm³/mol. The Morgan fingerprint density at radius 3 is 2.62 bits per heavy atom. The lowest BCUT2D eigenvalue weighted by atomic mass is 10.1. The van der Waals surface area contributed by atoms with Crippen molar-refractivity contribution in [2.24, 2.45) is 5.92 Å². The third-order valence-electron chi connectivity index (χ3n) is 7.26. The van der Waals surface area contributed by atoms with Crippen LogP contribution in [0.15, 0.2) is 23.4 Å². The van der Waals surface area contributed by atoms with Crippen LogP contribution in [-0.4, -0.2) is 66.5 Å². The summed E-state index contributed by atoms with van der Waals surface area (Å²) in [6, 6.07) is 5.71. The van der Waals surface area contributed by atoms with Crippen molar-refractivity contribution in [1.29, 1.82) is 0 Å². The average Bonchev–Trinajstić information content (AvgIpc) is 3.18. The molecule has 3 aromatic rings. The van der Waals surface area contributed by atoms with E-state index in [1.807, 2.05) is 30.7 Å². The molecule has 0 radical (unpaired) electrons. The molecule has 37 heavy (non-hydrogen) atoms. The second-order valence-electron chi connectivity index (χ2n) is 10.5. The summed E-state index contributed by atoms with van der Waals surface area (Å²) in [5, 5.41) is 24.6. The van der Waals surface area contributed by atoms with E-state index in [1.54, 1.807) is 17.8 Å². The monoisotopic (exact) mass is 564 g/mol. The van der Waals surface area contributed by atoms with Crippen LogP contribution < -0.4 is 5.32 Å². The van der Waals surface area contributed by atoms with Crippen LogP contribution in [-0.2, 0) is 9.47 Å². The molecule has 6 rings (SSSR count). The van der Waals surface area contributed by atoms with E-state index in [9.17, 15) is 5.11 Å². The Labute approximate surface area is 229 Å². The molecule has 1 aromatic carbocycles. The third-order valence-corrected chi connectivity index (χ3v) is 8.75. The summed E-state index contributed by atoms with van der Waals surface area (Å²) in [5.41, 5.74) is 2.39. The van der Waals surface area contributed by atoms with Crippen LogP contribution in [0.1, 0.15) is 57.6 Å². The number of rotatable bonds is 8. The topological polar surface area (TPSA) is 107 Å². The Bertz CT molecular complexity index is 1300. The van der Waals surface area contributed by atoms with Gasteiger partial charge in [-0.1, -0.05) is 47.1 Å². The summed E-state index contributed by atoms with van der Waals surface area (Å²) in [6.07, 6.45) is 2.19. The molecule has 0 spiro atoms. The zero-order valence-corrected chi connectivity index (χ0v) is 23.2. The first-order chi connectivity index (χ1) is 17.8. The molecule has 198 valence electrons. The van der Waals surface area contributed by atoms with E-state index in [0.29, 0.717) is 38.6 Å². The molecule has 3 aliphatic rings. The van der Waals surface area contributed by atoms with Gasteiger partial charge in [0.25, 0.3) is 0 Å². The number of aliphatic hydroxyl groups is 1. The van der Waals surface area contributed by atoms with Crippen LogP contribution in [0.2, 0.25) is 10.0 Å². The van der Waals surface area contributed by atoms with Crippen molar-refractivity contribution in [3.63, 3.8) is 0 Å². The summed E-state index contributed by atoms with van der Waals surface area (Å²) >= 11 is 14.1. The summed E-state index contributed by atoms with van der Waals surface area (Å²) in [7, 11) is 0. The lowest BCUT2D eigenvalue weighted by Gasteiger charge is -2.23. The standard InChI is InChI=1S/C25H30Cl2N6O3S/c1-4-5-37-24-29-22(28-17-10-16(17)12-6-14(26)9-15(27)7-12)19-23(30-24)33(32-31-19)18-8-13(11-34)20-21(18)36-25(2,3)35-20/h6-7,9,13,16-18,20-21,34H,4-5,8,10-11H2,1-3H3,(H,28,29,30). The fourth-order valence-electron chi connectivity index (χ4n) is 5.55. The summed E-state index contributed by atoms with van der Waals surface area (Å²) in [6.45, 7) is 5.96. The first-order valence-electron chi connectivity index (χ1n) is 12.7. The number of fused-ring (bicyclic) bond motifs is 2. The summed E-state index contributed by atoms with van der Waals surface area (Å²) < 4.78 is 14.2. The van der Waals surface area contributed by atoms with Crippen LogP contribution in [0.25, 0.3) is 11.2 Å². The Hall–Kier alpha value is -1.69. The molecule has 0 amide bonds. The molecular weight excluding hydrogens is 535 g/mol. The van der Waals surface area contributed by atoms with Crippen molar-refractivity contribution < 1.29 is 14.6 Å². The van der Waals surface area contributed by atoms with E-state index < -0.39 is 5.79 Å². The Balaban J connectivity index is 1.33. The number of nitrogens with zero attached hydrogens (tertiary/aromatic N) is 5. The highest BCUT2D eigenvalue weighted by atomic mass is 35.5. The molecule has 2 saturated carbocycles. The Kier molecular flexibility index (Phi) is 6.78. The van der Waals surface area contributed by atoms with E-state index in [1.165, 1.54) is 0 Å². The van der Waals surface area contributed by atoms with E-state index in [2.05, 4.69) is 22.6 Å². The van der Waals surface area contributed by atoms with Gasteiger partial charge in [0.1, 0.15) is 6.10 Å². The normalized spacial score (nSPS) is 30.1. The molecular formula is C25H30Cl2N6O3S. The number of anilines is 1. The Morgan fingerprint density at radius 2 is 1.89 bits per heavy atom. The van der Waals surface area contributed by atoms with Crippen molar-refractivity contribution in [1.82, 2.24) is 25.0 Å². The van der Waals surface area contributed by atoms with Crippen molar-refractivity contribution in [2.75, 3.05) is 17.7 Å². The molecule has 6 unspecified atom stereocenters. The molecule has 9 nitrogen and oxygen atoms in total. The van der Waals surface area contributed by atoms with Crippen molar-refractivity contribution in [3.8, 4) is 0 Å². The van der Waals surface area contributed by atoms with E-state index in [0.717, 1.165) is 24.2 Å². The molecule has 1 aliphatic heterocycles. The second-order valence-corrected chi connectivity index (χ2v) is 12.5. The number of nitrogens with one attached hydrogen (secondary N) is 1. The van der Waals surface area contributed by atoms with Crippen LogP contribution >= 0.6 is 35.0 Å². The van der Waals surface area contributed by atoms with E-state index in [4.69, 9.17) is 42.6 Å². The number of aromatic nitrogens is 5. The fourth-order valence-corrected chi connectivity index (χ4v) is 6.79. The zero-order valence-electron chi connectivity index (χ0n) is 20.9. The molecule has 0 bridgehead atoms. The van der Waals surface area contributed by atoms with Gasteiger partial charge < -0.3 is 19.9 Å². The minimum absolute atomic E-state index is 0.0275.